The number of nitrogens with two attached hydrogens (primary N) is 1. The average molecular weight is 277 g/mol. The Labute approximate surface area is 122 Å². The van der Waals surface area contributed by atoms with Crippen LogP contribution in [0, 0.1) is 0 Å². The van der Waals surface area contributed by atoms with Crippen molar-refractivity contribution in [2.45, 2.75) is 18.4 Å². The molecule has 0 radical (unpaired) electrons. The molecule has 0 saturated carbocycles. The first-order valence-electron chi connectivity index (χ1n) is 7.05. The zero-order valence-electron chi connectivity index (χ0n) is 11.4. The molecule has 0 aliphatic heterocycles. The van der Waals surface area contributed by atoms with Crippen LogP contribution in [0.2, 0.25) is 0 Å². The van der Waals surface area contributed by atoms with Crippen molar-refractivity contribution in [2.75, 3.05) is 0 Å². The Morgan fingerprint density at radius 2 is 1.81 bits per heavy atom. The van der Waals surface area contributed by atoms with Gasteiger partial charge in [-0.25, -0.2) is 0 Å². The lowest BCUT2D eigenvalue weighted by molar-refractivity contribution is 0.360. The van der Waals surface area contributed by atoms with Gasteiger partial charge in [0.05, 0.1) is 5.92 Å². The molecule has 0 saturated heterocycles. The van der Waals surface area contributed by atoms with E-state index >= 15 is 0 Å². The lowest BCUT2D eigenvalue weighted by atomic mass is 9.77. The second-order valence-corrected chi connectivity index (χ2v) is 5.33. The highest BCUT2D eigenvalue weighted by atomic mass is 16.5. The molecular formula is C17H15N3O. The number of hydrogen-bond acceptors (Lipinski definition) is 4. The van der Waals surface area contributed by atoms with E-state index in [1.165, 1.54) is 11.1 Å². The first-order valence-corrected chi connectivity index (χ1v) is 7.05. The minimum Gasteiger partial charge on any atom is -0.337 e. The van der Waals surface area contributed by atoms with Gasteiger partial charge in [0, 0.05) is 0 Å². The smallest absolute Gasteiger partial charge is 0.248 e. The predicted octanol–water partition coefficient (Wildman–Crippen LogP) is 2.81. The third kappa shape index (κ3) is 2.04. The van der Waals surface area contributed by atoms with E-state index in [4.69, 9.17) is 10.3 Å². The van der Waals surface area contributed by atoms with E-state index in [1.807, 2.05) is 36.4 Å². The predicted molar refractivity (Wildman–Crippen MR) is 78.8 cm³/mol. The van der Waals surface area contributed by atoms with Gasteiger partial charge in [-0.05, 0) is 23.1 Å². The Hall–Kier alpha value is -2.46. The maximum atomic E-state index is 6.19. The number of aromatic nitrogens is 2. The van der Waals surface area contributed by atoms with Crippen molar-refractivity contribution in [3.05, 3.63) is 83.0 Å². The van der Waals surface area contributed by atoms with Crippen molar-refractivity contribution in [1.82, 2.24) is 10.1 Å². The molecule has 4 rings (SSSR count). The summed E-state index contributed by atoms with van der Waals surface area (Å²) in [6.45, 7) is 0. The summed E-state index contributed by atoms with van der Waals surface area (Å²) in [5.74, 6) is 1.44. The molecule has 0 fully saturated rings. The molecule has 1 aliphatic rings. The van der Waals surface area contributed by atoms with Gasteiger partial charge in [0.25, 0.3) is 0 Å². The van der Waals surface area contributed by atoms with Crippen LogP contribution in [-0.4, -0.2) is 10.1 Å². The van der Waals surface area contributed by atoms with E-state index in [0.717, 1.165) is 17.8 Å². The first kappa shape index (κ1) is 12.3. The second-order valence-electron chi connectivity index (χ2n) is 5.33. The van der Waals surface area contributed by atoms with Gasteiger partial charge in [0.2, 0.25) is 5.89 Å². The summed E-state index contributed by atoms with van der Waals surface area (Å²) in [5, 5.41) is 4.12. The maximum Gasteiger partial charge on any atom is 0.248 e. The summed E-state index contributed by atoms with van der Waals surface area (Å²) in [7, 11) is 0. The normalized spacial score (nSPS) is 17.9. The van der Waals surface area contributed by atoms with Gasteiger partial charge in [0.1, 0.15) is 6.04 Å². The van der Waals surface area contributed by atoms with Gasteiger partial charge in [-0.15, -0.1) is 0 Å². The minimum absolute atomic E-state index is 0.238. The third-order valence-electron chi connectivity index (χ3n) is 4.05. The molecule has 2 N–H and O–H groups in total. The summed E-state index contributed by atoms with van der Waals surface area (Å²) in [6, 6.07) is 17.8. The number of rotatable bonds is 3. The van der Waals surface area contributed by atoms with E-state index in [-0.39, 0.29) is 12.0 Å². The number of nitrogens with zero attached hydrogens (tertiary/aromatic N) is 2. The monoisotopic (exact) mass is 277 g/mol. The lowest BCUT2D eigenvalue weighted by Gasteiger charge is -2.27. The molecular weight excluding hydrogens is 262 g/mol. The highest BCUT2D eigenvalue weighted by Gasteiger charge is 2.31. The van der Waals surface area contributed by atoms with Crippen molar-refractivity contribution in [3.63, 3.8) is 0 Å². The van der Waals surface area contributed by atoms with E-state index in [0.29, 0.717) is 5.89 Å². The van der Waals surface area contributed by atoms with Gasteiger partial charge in [-0.3, -0.25) is 0 Å². The molecule has 21 heavy (non-hydrogen) atoms. The van der Waals surface area contributed by atoms with Crippen molar-refractivity contribution >= 4 is 0 Å². The second kappa shape index (κ2) is 4.82. The van der Waals surface area contributed by atoms with Crippen LogP contribution < -0.4 is 5.73 Å². The molecule has 0 amide bonds. The molecule has 2 atom stereocenters. The number of hydrogen-bond donors (Lipinski definition) is 1. The van der Waals surface area contributed by atoms with Crippen LogP contribution in [0.1, 0.15) is 40.4 Å². The van der Waals surface area contributed by atoms with E-state index in [2.05, 4.69) is 28.3 Å². The molecule has 0 bridgehead atoms. The summed E-state index contributed by atoms with van der Waals surface area (Å²) in [5.41, 5.74) is 9.81. The lowest BCUT2D eigenvalue weighted by Crippen LogP contribution is -2.19. The fourth-order valence-electron chi connectivity index (χ4n) is 2.81. The Balaban J connectivity index is 1.60. The molecule has 1 aromatic heterocycles. The zero-order chi connectivity index (χ0) is 14.2. The number of benzene rings is 2. The quantitative estimate of drug-likeness (QED) is 0.799. The standard InChI is InChI=1S/C17H15N3O/c18-15(11-6-2-1-3-7-11)17-19-16(20-21-17)14-10-12-8-4-5-9-13(12)14/h1-9,14-15H,10,18H2/t14?,15-/m0/s1. The summed E-state index contributed by atoms with van der Waals surface area (Å²) < 4.78 is 5.37. The van der Waals surface area contributed by atoms with Crippen molar-refractivity contribution in [3.8, 4) is 0 Å². The first-order chi connectivity index (χ1) is 10.3. The van der Waals surface area contributed by atoms with E-state index in [9.17, 15) is 0 Å². The maximum absolute atomic E-state index is 6.19. The fourth-order valence-corrected chi connectivity index (χ4v) is 2.81. The minimum atomic E-state index is -0.372. The molecule has 1 unspecified atom stereocenters. The van der Waals surface area contributed by atoms with Gasteiger partial charge in [0.15, 0.2) is 5.82 Å². The van der Waals surface area contributed by atoms with Crippen LogP contribution in [0.5, 0.6) is 0 Å². The molecule has 1 heterocycles. The van der Waals surface area contributed by atoms with E-state index < -0.39 is 0 Å². The zero-order valence-corrected chi connectivity index (χ0v) is 11.4. The van der Waals surface area contributed by atoms with Gasteiger partial charge in [-0.1, -0.05) is 59.8 Å². The van der Waals surface area contributed by atoms with Crippen molar-refractivity contribution in [1.29, 1.82) is 0 Å². The molecule has 2 aromatic carbocycles. The Morgan fingerprint density at radius 3 is 2.62 bits per heavy atom. The molecule has 3 aromatic rings. The van der Waals surface area contributed by atoms with Crippen LogP contribution in [0.3, 0.4) is 0 Å². The van der Waals surface area contributed by atoms with Gasteiger partial charge < -0.3 is 10.3 Å². The average Bonchev–Trinajstić information content (AvgIpc) is 2.98. The van der Waals surface area contributed by atoms with Crippen LogP contribution in [0.4, 0.5) is 0 Å². The Morgan fingerprint density at radius 1 is 1.05 bits per heavy atom. The van der Waals surface area contributed by atoms with Crippen molar-refractivity contribution < 1.29 is 4.52 Å². The summed E-state index contributed by atoms with van der Waals surface area (Å²) in [6.07, 6.45) is 0.968. The highest BCUT2D eigenvalue weighted by Crippen LogP contribution is 2.38. The Kier molecular flexibility index (Phi) is 2.82. The van der Waals surface area contributed by atoms with Crippen LogP contribution in [-0.2, 0) is 6.42 Å². The topological polar surface area (TPSA) is 64.9 Å². The van der Waals surface area contributed by atoms with Crippen molar-refractivity contribution in [2.24, 2.45) is 5.73 Å². The molecule has 1 aliphatic carbocycles. The largest absolute Gasteiger partial charge is 0.337 e. The highest BCUT2D eigenvalue weighted by molar-refractivity contribution is 5.43. The molecule has 0 spiro atoms. The summed E-state index contributed by atoms with van der Waals surface area (Å²) in [4.78, 5) is 4.50. The molecule has 104 valence electrons. The fraction of sp³-hybridized carbons (Fsp3) is 0.176. The van der Waals surface area contributed by atoms with Crippen LogP contribution >= 0.6 is 0 Å². The van der Waals surface area contributed by atoms with Gasteiger partial charge in [-0.2, -0.15) is 4.98 Å². The van der Waals surface area contributed by atoms with Gasteiger partial charge >= 0.3 is 0 Å². The SMILES string of the molecule is N[C@@H](c1ccccc1)c1nc(C2Cc3ccccc32)no1. The van der Waals surface area contributed by atoms with E-state index in [1.54, 1.807) is 0 Å². The number of fused-ring (bicyclic) bond motifs is 1. The van der Waals surface area contributed by atoms with Crippen LogP contribution in [0.25, 0.3) is 0 Å². The van der Waals surface area contributed by atoms with Crippen LogP contribution in [0.15, 0.2) is 59.1 Å². The third-order valence-corrected chi connectivity index (χ3v) is 4.05. The Bertz CT molecular complexity index is 750. The molecule has 4 heteroatoms. The summed E-state index contributed by atoms with van der Waals surface area (Å²) >= 11 is 0. The molecule has 4 nitrogen and oxygen atoms in total.